The molecule has 0 radical (unpaired) electrons. The van der Waals surface area contributed by atoms with Crippen molar-refractivity contribution in [3.8, 4) is 11.5 Å². The summed E-state index contributed by atoms with van der Waals surface area (Å²) in [5.74, 6) is 0.685. The maximum Gasteiger partial charge on any atom is 0.291 e. The van der Waals surface area contributed by atoms with Gasteiger partial charge in [0.2, 0.25) is 5.91 Å². The lowest BCUT2D eigenvalue weighted by molar-refractivity contribution is -0.114. The van der Waals surface area contributed by atoms with Gasteiger partial charge in [0, 0.05) is 18.2 Å². The Labute approximate surface area is 162 Å². The fraction of sp³-hybridized carbons (Fsp3) is 0.143. The Morgan fingerprint density at radius 2 is 1.82 bits per heavy atom. The summed E-state index contributed by atoms with van der Waals surface area (Å²) in [5.41, 5.74) is 1.57. The molecule has 0 fully saturated rings. The van der Waals surface area contributed by atoms with Crippen LogP contribution < -0.4 is 20.1 Å². The zero-order chi connectivity index (χ0) is 19.9. The zero-order valence-corrected chi connectivity index (χ0v) is 15.5. The van der Waals surface area contributed by atoms with Crippen LogP contribution in [-0.4, -0.2) is 18.9 Å². The molecule has 7 heteroatoms. The summed E-state index contributed by atoms with van der Waals surface area (Å²) in [6.07, 6.45) is 1.44. The number of furan rings is 1. The van der Waals surface area contributed by atoms with Crippen molar-refractivity contribution in [2.24, 2.45) is 0 Å². The Kier molecular flexibility index (Phi) is 5.96. The largest absolute Gasteiger partial charge is 0.495 e. The Hall–Kier alpha value is -3.74. The van der Waals surface area contributed by atoms with Crippen LogP contribution in [0.3, 0.4) is 0 Å². The second kappa shape index (κ2) is 8.77. The topological polar surface area (TPSA) is 89.8 Å². The molecule has 3 rings (SSSR count). The number of carbonyl (C=O) groups excluding carboxylic acids is 2. The van der Waals surface area contributed by atoms with E-state index in [1.54, 1.807) is 24.3 Å². The normalized spacial score (nSPS) is 10.2. The van der Waals surface area contributed by atoms with Crippen molar-refractivity contribution in [1.82, 2.24) is 0 Å². The molecular formula is C21H20N2O5. The van der Waals surface area contributed by atoms with Gasteiger partial charge in [-0.3, -0.25) is 9.59 Å². The molecule has 0 spiro atoms. The van der Waals surface area contributed by atoms with E-state index in [0.29, 0.717) is 28.4 Å². The highest BCUT2D eigenvalue weighted by molar-refractivity contribution is 6.04. The number of anilines is 2. The first kappa shape index (κ1) is 19.0. The minimum atomic E-state index is -0.421. The van der Waals surface area contributed by atoms with Gasteiger partial charge in [-0.15, -0.1) is 0 Å². The van der Waals surface area contributed by atoms with Crippen LogP contribution in [0.25, 0.3) is 0 Å². The lowest BCUT2D eigenvalue weighted by atomic mass is 10.2. The maximum absolute atomic E-state index is 12.6. The molecule has 0 saturated heterocycles. The number of carbonyl (C=O) groups is 2. The smallest absolute Gasteiger partial charge is 0.291 e. The second-order valence-electron chi connectivity index (χ2n) is 5.93. The number of benzene rings is 2. The molecule has 7 nitrogen and oxygen atoms in total. The minimum Gasteiger partial charge on any atom is -0.495 e. The maximum atomic E-state index is 12.6. The van der Waals surface area contributed by atoms with E-state index in [4.69, 9.17) is 13.9 Å². The first-order chi connectivity index (χ1) is 13.6. The predicted octanol–water partition coefficient (Wildman–Crippen LogP) is 4.08. The van der Waals surface area contributed by atoms with Crippen molar-refractivity contribution in [3.05, 3.63) is 72.2 Å². The third-order valence-electron chi connectivity index (χ3n) is 3.86. The van der Waals surface area contributed by atoms with Crippen LogP contribution in [0, 0.1) is 0 Å². The molecule has 1 aromatic heterocycles. The number of methoxy groups -OCH3 is 1. The minimum absolute atomic E-state index is 0.160. The van der Waals surface area contributed by atoms with Crippen LogP contribution in [0.2, 0.25) is 0 Å². The summed E-state index contributed by atoms with van der Waals surface area (Å²) >= 11 is 0. The van der Waals surface area contributed by atoms with E-state index >= 15 is 0 Å². The summed E-state index contributed by atoms with van der Waals surface area (Å²) in [5, 5.41) is 5.42. The van der Waals surface area contributed by atoms with E-state index in [-0.39, 0.29) is 18.3 Å². The zero-order valence-electron chi connectivity index (χ0n) is 15.5. The van der Waals surface area contributed by atoms with Gasteiger partial charge in [0.05, 0.1) is 19.1 Å². The van der Waals surface area contributed by atoms with E-state index in [2.05, 4.69) is 10.6 Å². The van der Waals surface area contributed by atoms with Crippen molar-refractivity contribution in [2.45, 2.75) is 13.5 Å². The van der Waals surface area contributed by atoms with E-state index in [9.17, 15) is 9.59 Å². The Bertz CT molecular complexity index is 966. The second-order valence-corrected chi connectivity index (χ2v) is 5.93. The Morgan fingerprint density at radius 1 is 1.04 bits per heavy atom. The van der Waals surface area contributed by atoms with Gasteiger partial charge in [-0.1, -0.05) is 18.2 Å². The summed E-state index contributed by atoms with van der Waals surface area (Å²) in [7, 11) is 1.50. The number of ether oxygens (including phenoxy) is 2. The number of amides is 2. The van der Waals surface area contributed by atoms with Crippen LogP contribution in [0.15, 0.2) is 65.3 Å². The molecule has 2 amide bonds. The molecule has 0 bridgehead atoms. The van der Waals surface area contributed by atoms with Gasteiger partial charge in [0.25, 0.3) is 5.91 Å². The highest BCUT2D eigenvalue weighted by Gasteiger charge is 2.17. The molecule has 144 valence electrons. The molecule has 28 heavy (non-hydrogen) atoms. The molecule has 0 aliphatic carbocycles. The number of hydrogen-bond acceptors (Lipinski definition) is 5. The van der Waals surface area contributed by atoms with Crippen molar-refractivity contribution in [3.63, 3.8) is 0 Å². The van der Waals surface area contributed by atoms with Gasteiger partial charge in [0.15, 0.2) is 5.76 Å². The highest BCUT2D eigenvalue weighted by Crippen LogP contribution is 2.28. The van der Waals surface area contributed by atoms with Crippen molar-refractivity contribution in [2.75, 3.05) is 17.7 Å². The van der Waals surface area contributed by atoms with Crippen LogP contribution in [0.5, 0.6) is 11.5 Å². The average molecular weight is 380 g/mol. The van der Waals surface area contributed by atoms with Crippen LogP contribution in [-0.2, 0) is 11.4 Å². The fourth-order valence-corrected chi connectivity index (χ4v) is 2.59. The number of para-hydroxylation sites is 1. The molecule has 0 atom stereocenters. The highest BCUT2D eigenvalue weighted by atomic mass is 16.5. The van der Waals surface area contributed by atoms with Crippen LogP contribution in [0.4, 0.5) is 11.4 Å². The lowest BCUT2D eigenvalue weighted by Crippen LogP contribution is -2.14. The summed E-state index contributed by atoms with van der Waals surface area (Å²) < 4.78 is 16.2. The molecule has 2 aromatic carbocycles. The quantitative estimate of drug-likeness (QED) is 0.645. The van der Waals surface area contributed by atoms with Crippen molar-refractivity contribution < 1.29 is 23.5 Å². The van der Waals surface area contributed by atoms with Gasteiger partial charge in [0.1, 0.15) is 18.1 Å². The predicted molar refractivity (Wildman–Crippen MR) is 105 cm³/mol. The van der Waals surface area contributed by atoms with E-state index in [1.807, 2.05) is 30.3 Å². The molecule has 0 unspecified atom stereocenters. The van der Waals surface area contributed by atoms with Crippen LogP contribution >= 0.6 is 0 Å². The van der Waals surface area contributed by atoms with E-state index in [0.717, 1.165) is 0 Å². The van der Waals surface area contributed by atoms with Gasteiger partial charge in [-0.25, -0.2) is 0 Å². The first-order valence-electron chi connectivity index (χ1n) is 8.58. The van der Waals surface area contributed by atoms with E-state index < -0.39 is 5.91 Å². The third kappa shape index (κ3) is 4.70. The fourth-order valence-electron chi connectivity index (χ4n) is 2.59. The summed E-state index contributed by atoms with van der Waals surface area (Å²) in [6, 6.07) is 15.9. The van der Waals surface area contributed by atoms with Gasteiger partial charge in [-0.2, -0.15) is 0 Å². The molecule has 0 aliphatic heterocycles. The molecule has 0 saturated carbocycles. The standard InChI is InChI=1S/C21H20N2O5/c1-14(24)22-18-12-16(8-9-19(18)26-2)23-21(25)20-15(10-11-27-20)13-28-17-6-4-3-5-7-17/h3-12H,13H2,1-2H3,(H,22,24)(H,23,25). The molecule has 0 aliphatic rings. The monoisotopic (exact) mass is 380 g/mol. The van der Waals surface area contributed by atoms with E-state index in [1.165, 1.54) is 20.3 Å². The number of nitrogens with one attached hydrogen (secondary N) is 2. The lowest BCUT2D eigenvalue weighted by Gasteiger charge is -2.12. The SMILES string of the molecule is COc1ccc(NC(=O)c2occc2COc2ccccc2)cc1NC(C)=O. The molecular weight excluding hydrogens is 360 g/mol. The average Bonchev–Trinajstić information content (AvgIpc) is 3.16. The molecule has 2 N–H and O–H groups in total. The van der Waals surface area contributed by atoms with Gasteiger partial charge < -0.3 is 24.5 Å². The van der Waals surface area contributed by atoms with Crippen molar-refractivity contribution in [1.29, 1.82) is 0 Å². The third-order valence-corrected chi connectivity index (χ3v) is 3.86. The van der Waals surface area contributed by atoms with Gasteiger partial charge >= 0.3 is 0 Å². The molecule has 1 heterocycles. The number of rotatable bonds is 7. The Balaban J connectivity index is 1.72. The number of hydrogen-bond donors (Lipinski definition) is 2. The first-order valence-corrected chi connectivity index (χ1v) is 8.58. The summed E-state index contributed by atoms with van der Waals surface area (Å²) in [4.78, 5) is 24.0. The molecule has 3 aromatic rings. The Morgan fingerprint density at radius 3 is 2.54 bits per heavy atom. The van der Waals surface area contributed by atoms with Crippen LogP contribution in [0.1, 0.15) is 23.0 Å². The van der Waals surface area contributed by atoms with Gasteiger partial charge in [-0.05, 0) is 36.4 Å². The van der Waals surface area contributed by atoms with Crippen molar-refractivity contribution >= 4 is 23.2 Å². The summed E-state index contributed by atoms with van der Waals surface area (Å²) in [6.45, 7) is 1.59.